The molecule has 0 radical (unpaired) electrons. The molecule has 1 unspecified atom stereocenters. The molecule has 0 aliphatic carbocycles. The largest absolute Gasteiger partial charge is 0.207 e. The molecule has 0 saturated heterocycles. The maximum atomic E-state index is 13.6. The van der Waals surface area contributed by atoms with Crippen LogP contribution >= 0.6 is 11.6 Å². The van der Waals surface area contributed by atoms with Crippen molar-refractivity contribution >= 4 is 11.6 Å². The van der Waals surface area contributed by atoms with Crippen LogP contribution in [0.3, 0.4) is 0 Å². The number of rotatable bonds is 5. The van der Waals surface area contributed by atoms with Crippen molar-refractivity contribution in [3.63, 3.8) is 0 Å². The highest BCUT2D eigenvalue weighted by Crippen LogP contribution is 2.21. The monoisotopic (exact) mass is 298 g/mol. The Hall–Kier alpha value is -1.48. The molecular formula is C16H14ClF3. The molecule has 0 N–H and O–H groups in total. The van der Waals surface area contributed by atoms with Gasteiger partial charge in [0.15, 0.2) is 0 Å². The Kier molecular flexibility index (Phi) is 5.07. The van der Waals surface area contributed by atoms with Crippen molar-refractivity contribution in [3.8, 4) is 0 Å². The molecule has 2 rings (SSSR count). The minimum Gasteiger partial charge on any atom is -0.207 e. The molecular weight excluding hydrogens is 285 g/mol. The first-order chi connectivity index (χ1) is 9.60. The van der Waals surface area contributed by atoms with E-state index in [1.807, 2.05) is 0 Å². The molecule has 0 aliphatic heterocycles. The van der Waals surface area contributed by atoms with Crippen LogP contribution in [-0.4, -0.2) is 5.88 Å². The smallest absolute Gasteiger partial charge is 0.129 e. The lowest BCUT2D eigenvalue weighted by atomic mass is 9.93. The van der Waals surface area contributed by atoms with Crippen LogP contribution in [0.1, 0.15) is 11.1 Å². The first-order valence-electron chi connectivity index (χ1n) is 6.33. The third kappa shape index (κ3) is 3.76. The van der Waals surface area contributed by atoms with E-state index in [-0.39, 0.29) is 29.6 Å². The van der Waals surface area contributed by atoms with Gasteiger partial charge in [0.1, 0.15) is 17.5 Å². The van der Waals surface area contributed by atoms with E-state index in [0.29, 0.717) is 6.42 Å². The van der Waals surface area contributed by atoms with Gasteiger partial charge in [0, 0.05) is 11.4 Å². The summed E-state index contributed by atoms with van der Waals surface area (Å²) in [5, 5.41) is 0. The van der Waals surface area contributed by atoms with Gasteiger partial charge in [-0.25, -0.2) is 13.2 Å². The second kappa shape index (κ2) is 6.80. The number of halogens is 4. The molecule has 0 aromatic heterocycles. The highest BCUT2D eigenvalue weighted by atomic mass is 35.5. The first kappa shape index (κ1) is 14.9. The minimum atomic E-state index is -0.556. The molecule has 106 valence electrons. The van der Waals surface area contributed by atoms with E-state index in [4.69, 9.17) is 11.6 Å². The van der Waals surface area contributed by atoms with Crippen molar-refractivity contribution < 1.29 is 13.2 Å². The maximum Gasteiger partial charge on any atom is 0.129 e. The van der Waals surface area contributed by atoms with Crippen LogP contribution in [0.5, 0.6) is 0 Å². The Morgan fingerprint density at radius 3 is 2.00 bits per heavy atom. The zero-order chi connectivity index (χ0) is 14.5. The first-order valence-corrected chi connectivity index (χ1v) is 6.87. The van der Waals surface area contributed by atoms with Crippen molar-refractivity contribution in [2.45, 2.75) is 12.8 Å². The molecule has 0 heterocycles. The van der Waals surface area contributed by atoms with Crippen LogP contribution in [0.25, 0.3) is 0 Å². The lowest BCUT2D eigenvalue weighted by molar-refractivity contribution is 0.507. The maximum absolute atomic E-state index is 13.6. The predicted molar refractivity (Wildman–Crippen MR) is 74.4 cm³/mol. The van der Waals surface area contributed by atoms with Crippen LogP contribution in [-0.2, 0) is 12.8 Å². The third-order valence-electron chi connectivity index (χ3n) is 3.21. The summed E-state index contributed by atoms with van der Waals surface area (Å²) in [6.07, 6.45) is 0.775. The van der Waals surface area contributed by atoms with Crippen LogP contribution in [0.15, 0.2) is 42.5 Å². The van der Waals surface area contributed by atoms with Crippen molar-refractivity contribution in [2.24, 2.45) is 5.92 Å². The molecule has 0 saturated carbocycles. The standard InChI is InChI=1S/C16H14ClF3/c17-10-12(8-11-4-6-13(18)7-5-11)9-14-15(19)2-1-3-16(14)20/h1-7,12H,8-10H2. The fourth-order valence-electron chi connectivity index (χ4n) is 2.15. The van der Waals surface area contributed by atoms with E-state index >= 15 is 0 Å². The van der Waals surface area contributed by atoms with Gasteiger partial charge in [0.2, 0.25) is 0 Å². The lowest BCUT2D eigenvalue weighted by Crippen LogP contribution is -2.12. The van der Waals surface area contributed by atoms with Gasteiger partial charge >= 0.3 is 0 Å². The minimum absolute atomic E-state index is 0.0558. The molecule has 4 heteroatoms. The molecule has 20 heavy (non-hydrogen) atoms. The third-order valence-corrected chi connectivity index (χ3v) is 3.65. The van der Waals surface area contributed by atoms with Crippen LogP contribution < -0.4 is 0 Å². The van der Waals surface area contributed by atoms with Crippen molar-refractivity contribution in [1.82, 2.24) is 0 Å². The topological polar surface area (TPSA) is 0 Å². The van der Waals surface area contributed by atoms with E-state index in [1.54, 1.807) is 12.1 Å². The fourth-order valence-corrected chi connectivity index (χ4v) is 2.37. The van der Waals surface area contributed by atoms with Crippen molar-refractivity contribution in [2.75, 3.05) is 5.88 Å². The predicted octanol–water partition coefficient (Wildman–Crippen LogP) is 4.74. The van der Waals surface area contributed by atoms with Crippen LogP contribution in [0.4, 0.5) is 13.2 Å². The molecule has 0 aliphatic rings. The van der Waals surface area contributed by atoms with Gasteiger partial charge < -0.3 is 0 Å². The van der Waals surface area contributed by atoms with Crippen molar-refractivity contribution in [3.05, 3.63) is 71.0 Å². The van der Waals surface area contributed by atoms with Gasteiger partial charge in [0.25, 0.3) is 0 Å². The summed E-state index contributed by atoms with van der Waals surface area (Å²) in [4.78, 5) is 0. The Morgan fingerprint density at radius 1 is 0.850 bits per heavy atom. The Balaban J connectivity index is 2.11. The Bertz CT molecular complexity index is 546. The summed E-state index contributed by atoms with van der Waals surface area (Å²) in [5.74, 6) is -1.24. The van der Waals surface area contributed by atoms with E-state index in [1.165, 1.54) is 30.3 Å². The second-order valence-electron chi connectivity index (χ2n) is 4.76. The van der Waals surface area contributed by atoms with Crippen LogP contribution in [0, 0.1) is 23.4 Å². The Morgan fingerprint density at radius 2 is 1.45 bits per heavy atom. The van der Waals surface area contributed by atoms with Gasteiger partial charge in [-0.3, -0.25) is 0 Å². The quantitative estimate of drug-likeness (QED) is 0.699. The molecule has 0 fully saturated rings. The summed E-state index contributed by atoms with van der Waals surface area (Å²) in [7, 11) is 0. The average Bonchev–Trinajstić information content (AvgIpc) is 2.44. The van der Waals surface area contributed by atoms with Crippen molar-refractivity contribution in [1.29, 1.82) is 0 Å². The van der Waals surface area contributed by atoms with E-state index in [2.05, 4.69) is 0 Å². The SMILES string of the molecule is Fc1ccc(CC(CCl)Cc2c(F)cccc2F)cc1. The summed E-state index contributed by atoms with van der Waals surface area (Å²) in [6, 6.07) is 9.86. The normalized spacial score (nSPS) is 12.4. The van der Waals surface area contributed by atoms with Gasteiger partial charge in [-0.05, 0) is 48.6 Å². The number of alkyl halides is 1. The number of hydrogen-bond acceptors (Lipinski definition) is 0. The van der Waals surface area contributed by atoms with E-state index < -0.39 is 11.6 Å². The second-order valence-corrected chi connectivity index (χ2v) is 5.06. The van der Waals surface area contributed by atoms with Gasteiger partial charge in [0.05, 0.1) is 0 Å². The zero-order valence-corrected chi connectivity index (χ0v) is 11.5. The number of hydrogen-bond donors (Lipinski definition) is 0. The summed E-state index contributed by atoms with van der Waals surface area (Å²) < 4.78 is 40.0. The van der Waals surface area contributed by atoms with E-state index in [9.17, 15) is 13.2 Å². The van der Waals surface area contributed by atoms with Gasteiger partial charge in [-0.2, -0.15) is 0 Å². The van der Waals surface area contributed by atoms with E-state index in [0.717, 1.165) is 5.56 Å². The summed E-state index contributed by atoms with van der Waals surface area (Å²) >= 11 is 5.88. The summed E-state index contributed by atoms with van der Waals surface area (Å²) in [6.45, 7) is 0. The van der Waals surface area contributed by atoms with Gasteiger partial charge in [-0.1, -0.05) is 18.2 Å². The molecule has 2 aromatic carbocycles. The van der Waals surface area contributed by atoms with Gasteiger partial charge in [-0.15, -0.1) is 11.6 Å². The molecule has 2 aromatic rings. The van der Waals surface area contributed by atoms with Crippen LogP contribution in [0.2, 0.25) is 0 Å². The molecule has 0 bridgehead atoms. The lowest BCUT2D eigenvalue weighted by Gasteiger charge is -2.15. The zero-order valence-electron chi connectivity index (χ0n) is 10.8. The average molecular weight is 299 g/mol. The summed E-state index contributed by atoms with van der Waals surface area (Å²) in [5.41, 5.74) is 0.953. The highest BCUT2D eigenvalue weighted by Gasteiger charge is 2.15. The molecule has 0 nitrogen and oxygen atoms in total. The Labute approximate surface area is 121 Å². The fraction of sp³-hybridized carbons (Fsp3) is 0.250. The molecule has 0 amide bonds. The highest BCUT2D eigenvalue weighted by molar-refractivity contribution is 6.18. The molecule has 1 atom stereocenters. The molecule has 0 spiro atoms. The number of benzene rings is 2.